The number of hydrogen-bond acceptors (Lipinski definition) is 7. The number of nitrogens with zero attached hydrogens (tertiary/aromatic N) is 4. The van der Waals surface area contributed by atoms with Crippen LogP contribution >= 0.6 is 11.3 Å². The van der Waals surface area contributed by atoms with Gasteiger partial charge in [-0.15, -0.1) is 11.3 Å². The summed E-state index contributed by atoms with van der Waals surface area (Å²) in [7, 11) is 0. The Morgan fingerprint density at radius 1 is 1.46 bits per heavy atom. The fourth-order valence-electron chi connectivity index (χ4n) is 2.46. The lowest BCUT2D eigenvalue weighted by atomic mass is 10.2. The number of carbonyl (C=O) groups is 1. The van der Waals surface area contributed by atoms with E-state index in [9.17, 15) is 4.79 Å². The second-order valence-electron chi connectivity index (χ2n) is 6.69. The van der Waals surface area contributed by atoms with Crippen molar-refractivity contribution in [2.45, 2.75) is 38.8 Å². The molecule has 7 nitrogen and oxygen atoms in total. The molecular weight excluding hydrogens is 326 g/mol. The summed E-state index contributed by atoms with van der Waals surface area (Å²) in [4.78, 5) is 27.7. The number of carbonyl (C=O) groups excluding carboxylic acids is 1. The molecular formula is C16H21N5O2S. The summed E-state index contributed by atoms with van der Waals surface area (Å²) in [6, 6.07) is 1.98. The highest BCUT2D eigenvalue weighted by atomic mass is 32.1. The third kappa shape index (κ3) is 4.19. The number of aromatic nitrogens is 3. The minimum absolute atomic E-state index is 0.120. The molecule has 8 heteroatoms. The van der Waals surface area contributed by atoms with E-state index in [0.717, 1.165) is 17.0 Å². The first-order valence-electron chi connectivity index (χ1n) is 7.87. The Hall–Kier alpha value is -2.22. The zero-order valence-electron chi connectivity index (χ0n) is 14.0. The number of hydrogen-bond donors (Lipinski definition) is 1. The first kappa shape index (κ1) is 16.6. The number of nitrogens with one attached hydrogen (secondary N) is 1. The van der Waals surface area contributed by atoms with Crippen LogP contribution in [0.5, 0.6) is 0 Å². The summed E-state index contributed by atoms with van der Waals surface area (Å²) in [6.45, 7) is 6.87. The van der Waals surface area contributed by atoms with Crippen molar-refractivity contribution >= 4 is 23.4 Å². The van der Waals surface area contributed by atoms with Crippen molar-refractivity contribution in [3.63, 3.8) is 0 Å². The maximum atomic E-state index is 12.1. The molecule has 3 heterocycles. The molecule has 128 valence electrons. The smallest absolute Gasteiger partial charge is 0.410 e. The van der Waals surface area contributed by atoms with E-state index in [0.29, 0.717) is 19.0 Å². The third-order valence-corrected chi connectivity index (χ3v) is 4.31. The molecule has 0 saturated carbocycles. The molecule has 1 N–H and O–H groups in total. The lowest BCUT2D eigenvalue weighted by Gasteiger charge is -2.24. The lowest BCUT2D eigenvalue weighted by molar-refractivity contribution is 0.0293. The molecule has 24 heavy (non-hydrogen) atoms. The van der Waals surface area contributed by atoms with Gasteiger partial charge in [0.1, 0.15) is 5.60 Å². The minimum atomic E-state index is -0.477. The van der Waals surface area contributed by atoms with Crippen LogP contribution in [-0.4, -0.2) is 50.7 Å². The Balaban J connectivity index is 1.60. The minimum Gasteiger partial charge on any atom is -0.444 e. The molecule has 1 saturated heterocycles. The molecule has 0 aliphatic carbocycles. The van der Waals surface area contributed by atoms with Gasteiger partial charge in [0.15, 0.2) is 0 Å². The van der Waals surface area contributed by atoms with Gasteiger partial charge in [-0.3, -0.25) is 4.98 Å². The first-order valence-corrected chi connectivity index (χ1v) is 8.75. The Morgan fingerprint density at radius 3 is 3.00 bits per heavy atom. The van der Waals surface area contributed by atoms with Crippen molar-refractivity contribution in [1.82, 2.24) is 19.9 Å². The van der Waals surface area contributed by atoms with Gasteiger partial charge in [0.05, 0.1) is 16.1 Å². The van der Waals surface area contributed by atoms with E-state index in [1.807, 2.05) is 26.8 Å². The molecule has 0 bridgehead atoms. The summed E-state index contributed by atoms with van der Waals surface area (Å²) in [5.74, 6) is 0.567. The third-order valence-electron chi connectivity index (χ3n) is 3.51. The number of ether oxygens (including phenoxy) is 1. The Morgan fingerprint density at radius 2 is 2.29 bits per heavy atom. The molecule has 0 spiro atoms. The second-order valence-corrected chi connectivity index (χ2v) is 7.57. The van der Waals surface area contributed by atoms with E-state index in [1.165, 1.54) is 11.3 Å². The quantitative estimate of drug-likeness (QED) is 0.919. The molecule has 1 atom stereocenters. The molecule has 2 aromatic rings. The zero-order valence-corrected chi connectivity index (χ0v) is 14.8. The van der Waals surface area contributed by atoms with E-state index < -0.39 is 5.60 Å². The Kier molecular flexibility index (Phi) is 4.66. The molecule has 1 fully saturated rings. The molecule has 1 aliphatic rings. The maximum absolute atomic E-state index is 12.1. The van der Waals surface area contributed by atoms with E-state index in [-0.39, 0.29) is 12.1 Å². The molecule has 0 radical (unpaired) electrons. The predicted octanol–water partition coefficient (Wildman–Crippen LogP) is 3.02. The van der Waals surface area contributed by atoms with Gasteiger partial charge < -0.3 is 15.0 Å². The molecule has 0 aromatic carbocycles. The SMILES string of the molecule is CC(C)(C)OC(=O)N1CC[C@H](Nc2nccc(-c3cncs3)n2)C1. The average molecular weight is 347 g/mol. The highest BCUT2D eigenvalue weighted by Gasteiger charge is 2.30. The van der Waals surface area contributed by atoms with Crippen molar-refractivity contribution in [2.75, 3.05) is 18.4 Å². The predicted molar refractivity (Wildman–Crippen MR) is 93.0 cm³/mol. The molecule has 0 unspecified atom stereocenters. The summed E-state index contributed by atoms with van der Waals surface area (Å²) in [6.07, 6.45) is 4.08. The van der Waals surface area contributed by atoms with Gasteiger partial charge in [0.25, 0.3) is 0 Å². The second kappa shape index (κ2) is 6.72. The number of anilines is 1. The standard InChI is InChI=1S/C16H21N5O2S/c1-16(2,3)23-15(22)21-7-5-11(9-21)19-14-18-6-4-12(20-14)13-8-17-10-24-13/h4,6,8,10-11H,5,7,9H2,1-3H3,(H,18,19,20)/t11-/m0/s1. The normalized spacial score (nSPS) is 17.8. The van der Waals surface area contributed by atoms with Crippen molar-refractivity contribution in [3.8, 4) is 10.6 Å². The van der Waals surface area contributed by atoms with E-state index in [1.54, 1.807) is 22.8 Å². The summed E-state index contributed by atoms with van der Waals surface area (Å²) in [5.41, 5.74) is 2.15. The van der Waals surface area contributed by atoms with Crippen LogP contribution in [0.2, 0.25) is 0 Å². The number of thiazole rings is 1. The number of amides is 1. The maximum Gasteiger partial charge on any atom is 0.410 e. The largest absolute Gasteiger partial charge is 0.444 e. The van der Waals surface area contributed by atoms with Crippen LogP contribution in [0.1, 0.15) is 27.2 Å². The van der Waals surface area contributed by atoms with E-state index >= 15 is 0 Å². The van der Waals surface area contributed by atoms with Crippen molar-refractivity contribution in [3.05, 3.63) is 24.0 Å². The van der Waals surface area contributed by atoms with Crippen molar-refractivity contribution in [2.24, 2.45) is 0 Å². The number of likely N-dealkylation sites (tertiary alicyclic amines) is 1. The number of rotatable bonds is 3. The van der Waals surface area contributed by atoms with E-state index in [2.05, 4.69) is 20.3 Å². The summed E-state index contributed by atoms with van der Waals surface area (Å²) >= 11 is 1.54. The van der Waals surface area contributed by atoms with Crippen LogP contribution in [0, 0.1) is 0 Å². The van der Waals surface area contributed by atoms with Gasteiger partial charge in [0.2, 0.25) is 5.95 Å². The highest BCUT2D eigenvalue weighted by molar-refractivity contribution is 7.13. The molecule has 2 aromatic heterocycles. The topological polar surface area (TPSA) is 80.2 Å². The fourth-order valence-corrected chi connectivity index (χ4v) is 3.05. The lowest BCUT2D eigenvalue weighted by Crippen LogP contribution is -2.36. The average Bonchev–Trinajstić information content (AvgIpc) is 3.17. The van der Waals surface area contributed by atoms with Gasteiger partial charge in [-0.2, -0.15) is 0 Å². The molecule has 3 rings (SSSR count). The van der Waals surface area contributed by atoms with Crippen LogP contribution in [0.4, 0.5) is 10.7 Å². The van der Waals surface area contributed by atoms with Crippen LogP contribution in [0.3, 0.4) is 0 Å². The Bertz CT molecular complexity index is 699. The van der Waals surface area contributed by atoms with Crippen LogP contribution < -0.4 is 5.32 Å². The molecule has 1 aliphatic heterocycles. The van der Waals surface area contributed by atoms with E-state index in [4.69, 9.17) is 4.74 Å². The molecule has 1 amide bonds. The zero-order chi connectivity index (χ0) is 17.2. The van der Waals surface area contributed by atoms with Gasteiger partial charge >= 0.3 is 6.09 Å². The van der Waals surface area contributed by atoms with Crippen molar-refractivity contribution < 1.29 is 9.53 Å². The summed E-state index contributed by atoms with van der Waals surface area (Å²) in [5, 5.41) is 3.30. The van der Waals surface area contributed by atoms with Crippen LogP contribution in [-0.2, 0) is 4.74 Å². The van der Waals surface area contributed by atoms with Crippen molar-refractivity contribution in [1.29, 1.82) is 0 Å². The highest BCUT2D eigenvalue weighted by Crippen LogP contribution is 2.22. The van der Waals surface area contributed by atoms with Gasteiger partial charge in [-0.05, 0) is 33.3 Å². The van der Waals surface area contributed by atoms with Crippen LogP contribution in [0.25, 0.3) is 10.6 Å². The fraction of sp³-hybridized carbons (Fsp3) is 0.500. The van der Waals surface area contributed by atoms with Gasteiger partial charge in [-0.25, -0.2) is 14.8 Å². The monoisotopic (exact) mass is 347 g/mol. The first-order chi connectivity index (χ1) is 11.4. The van der Waals surface area contributed by atoms with Gasteiger partial charge in [-0.1, -0.05) is 0 Å². The van der Waals surface area contributed by atoms with Gasteiger partial charge in [0, 0.05) is 31.5 Å². The summed E-state index contributed by atoms with van der Waals surface area (Å²) < 4.78 is 5.41. The van der Waals surface area contributed by atoms with Crippen LogP contribution in [0.15, 0.2) is 24.0 Å². The Labute approximate surface area is 145 Å².